The zero-order chi connectivity index (χ0) is 17.2. The molecule has 2 rings (SSSR count). The summed E-state index contributed by atoms with van der Waals surface area (Å²) in [5.41, 5.74) is 1.92. The smallest absolute Gasteiger partial charge is 0.317 e. The van der Waals surface area contributed by atoms with Gasteiger partial charge in [0.15, 0.2) is 0 Å². The second-order valence-electron chi connectivity index (χ2n) is 6.07. The van der Waals surface area contributed by atoms with Crippen LogP contribution in [-0.4, -0.2) is 25.2 Å². The van der Waals surface area contributed by atoms with Gasteiger partial charge >= 0.3 is 5.97 Å². The van der Waals surface area contributed by atoms with Crippen molar-refractivity contribution in [2.45, 2.75) is 38.6 Å². The lowest BCUT2D eigenvalue weighted by molar-refractivity contribution is -0.144. The van der Waals surface area contributed by atoms with Crippen LogP contribution in [0.5, 0.6) is 0 Å². The Labute approximate surface area is 157 Å². The molecule has 136 valence electrons. The quantitative estimate of drug-likeness (QED) is 0.525. The second kappa shape index (κ2) is 11.7. The largest absolute Gasteiger partial charge is 0.464 e. The topological polar surface area (TPSA) is 38.3 Å². The van der Waals surface area contributed by atoms with E-state index in [1.165, 1.54) is 0 Å². The maximum Gasteiger partial charge on any atom is 0.317 e. The van der Waals surface area contributed by atoms with Gasteiger partial charge in [-0.3, -0.25) is 4.79 Å². The summed E-state index contributed by atoms with van der Waals surface area (Å²) in [5, 5.41) is 3.38. The lowest BCUT2D eigenvalue weighted by Gasteiger charge is -2.18. The van der Waals surface area contributed by atoms with Crippen LogP contribution in [0, 0.1) is 0 Å². The third-order valence-corrected chi connectivity index (χ3v) is 4.06. The molecule has 0 spiro atoms. The van der Waals surface area contributed by atoms with Gasteiger partial charge in [-0.1, -0.05) is 74.0 Å². The van der Waals surface area contributed by atoms with Crippen LogP contribution in [0.1, 0.15) is 43.7 Å². The molecular weight excluding hydrogens is 334 g/mol. The van der Waals surface area contributed by atoms with Gasteiger partial charge in [0.05, 0.1) is 0 Å². The van der Waals surface area contributed by atoms with Crippen molar-refractivity contribution in [3.8, 4) is 0 Å². The molecule has 25 heavy (non-hydrogen) atoms. The molecule has 0 radical (unpaired) electrons. The van der Waals surface area contributed by atoms with Gasteiger partial charge in [0.1, 0.15) is 12.5 Å². The summed E-state index contributed by atoms with van der Waals surface area (Å²) in [6.07, 6.45) is 2.28. The number of nitrogens with one attached hydrogen (secondary N) is 1. The normalized spacial score (nSPS) is 11.6. The van der Waals surface area contributed by atoms with Crippen molar-refractivity contribution in [3.05, 3.63) is 71.8 Å². The molecule has 0 heterocycles. The first-order valence-corrected chi connectivity index (χ1v) is 8.72. The summed E-state index contributed by atoms with van der Waals surface area (Å²) in [7, 11) is 0. The molecule has 1 atom stereocenters. The predicted molar refractivity (Wildman–Crippen MR) is 105 cm³/mol. The molecule has 1 unspecified atom stereocenters. The van der Waals surface area contributed by atoms with Gasteiger partial charge < -0.3 is 10.1 Å². The lowest BCUT2D eigenvalue weighted by atomic mass is 9.91. The van der Waals surface area contributed by atoms with E-state index in [0.717, 1.165) is 24.0 Å². The van der Waals surface area contributed by atoms with E-state index in [9.17, 15) is 4.79 Å². The number of rotatable bonds is 9. The average molecular weight is 362 g/mol. The number of benzene rings is 2. The number of carbonyl (C=O) groups is 1. The molecule has 2 aromatic rings. The molecule has 0 fully saturated rings. The van der Waals surface area contributed by atoms with E-state index in [1.807, 2.05) is 60.7 Å². The maximum atomic E-state index is 12.7. The van der Waals surface area contributed by atoms with Crippen LogP contribution >= 0.6 is 12.4 Å². The van der Waals surface area contributed by atoms with E-state index in [2.05, 4.69) is 19.2 Å². The fourth-order valence-corrected chi connectivity index (χ4v) is 2.83. The number of halogens is 1. The van der Waals surface area contributed by atoms with Gasteiger partial charge in [-0.2, -0.15) is 0 Å². The maximum absolute atomic E-state index is 12.7. The standard InChI is InChI=1S/C21H27NO2.ClH/c1-3-10-17(2)22-15-16-24-21(23)20(18-11-6-4-7-12-18)19-13-8-5-9-14-19;/h4-9,11-14,17,20,22H,3,10,15-16H2,1-2H3;1H. The summed E-state index contributed by atoms with van der Waals surface area (Å²) in [4.78, 5) is 12.7. The van der Waals surface area contributed by atoms with Crippen LogP contribution in [-0.2, 0) is 9.53 Å². The molecule has 0 aliphatic carbocycles. The van der Waals surface area contributed by atoms with Crippen molar-refractivity contribution in [1.29, 1.82) is 0 Å². The highest BCUT2D eigenvalue weighted by molar-refractivity contribution is 5.85. The Hall–Kier alpha value is -1.84. The van der Waals surface area contributed by atoms with Gasteiger partial charge in [-0.05, 0) is 24.5 Å². The Morgan fingerprint density at radius 3 is 2.00 bits per heavy atom. The minimum absolute atomic E-state index is 0. The van der Waals surface area contributed by atoms with Gasteiger partial charge in [-0.15, -0.1) is 12.4 Å². The van der Waals surface area contributed by atoms with Crippen LogP contribution in [0.2, 0.25) is 0 Å². The van der Waals surface area contributed by atoms with Crippen molar-refractivity contribution < 1.29 is 9.53 Å². The zero-order valence-corrected chi connectivity index (χ0v) is 15.8. The highest BCUT2D eigenvalue weighted by Gasteiger charge is 2.23. The van der Waals surface area contributed by atoms with Crippen molar-refractivity contribution in [1.82, 2.24) is 5.32 Å². The summed E-state index contributed by atoms with van der Waals surface area (Å²) >= 11 is 0. The summed E-state index contributed by atoms with van der Waals surface area (Å²) < 4.78 is 5.54. The molecule has 4 heteroatoms. The fraction of sp³-hybridized carbons (Fsp3) is 0.381. The van der Waals surface area contributed by atoms with Gasteiger partial charge in [0.2, 0.25) is 0 Å². The van der Waals surface area contributed by atoms with Gasteiger partial charge in [0, 0.05) is 12.6 Å². The van der Waals surface area contributed by atoms with Crippen molar-refractivity contribution in [2.75, 3.05) is 13.2 Å². The Morgan fingerprint density at radius 2 is 1.52 bits per heavy atom. The number of hydrogen-bond acceptors (Lipinski definition) is 3. The lowest BCUT2D eigenvalue weighted by Crippen LogP contribution is -2.30. The first kappa shape index (κ1) is 21.2. The first-order chi connectivity index (χ1) is 11.7. The average Bonchev–Trinajstić information content (AvgIpc) is 2.61. The fourth-order valence-electron chi connectivity index (χ4n) is 2.83. The van der Waals surface area contributed by atoms with Crippen LogP contribution < -0.4 is 5.32 Å². The van der Waals surface area contributed by atoms with Crippen molar-refractivity contribution in [2.24, 2.45) is 0 Å². The molecule has 3 nitrogen and oxygen atoms in total. The molecule has 0 saturated heterocycles. The monoisotopic (exact) mass is 361 g/mol. The van der Waals surface area contributed by atoms with Crippen molar-refractivity contribution in [3.63, 3.8) is 0 Å². The van der Waals surface area contributed by atoms with Crippen LogP contribution in [0.25, 0.3) is 0 Å². The third-order valence-electron chi connectivity index (χ3n) is 4.06. The zero-order valence-electron chi connectivity index (χ0n) is 15.0. The highest BCUT2D eigenvalue weighted by Crippen LogP contribution is 2.25. The molecule has 0 amide bonds. The van der Waals surface area contributed by atoms with E-state index in [4.69, 9.17) is 4.74 Å². The first-order valence-electron chi connectivity index (χ1n) is 8.72. The molecule has 0 aliphatic rings. The van der Waals surface area contributed by atoms with Crippen LogP contribution in [0.4, 0.5) is 0 Å². The molecule has 0 aromatic heterocycles. The minimum Gasteiger partial charge on any atom is -0.464 e. The van der Waals surface area contributed by atoms with E-state index in [0.29, 0.717) is 19.2 Å². The molecule has 1 N–H and O–H groups in total. The number of esters is 1. The van der Waals surface area contributed by atoms with E-state index < -0.39 is 0 Å². The number of ether oxygens (including phenoxy) is 1. The Balaban J connectivity index is 0.00000312. The SMILES string of the molecule is CCCC(C)NCCOC(=O)C(c1ccccc1)c1ccccc1.Cl. The molecule has 0 saturated carbocycles. The second-order valence-corrected chi connectivity index (χ2v) is 6.07. The van der Waals surface area contributed by atoms with E-state index >= 15 is 0 Å². The summed E-state index contributed by atoms with van der Waals surface area (Å²) in [5.74, 6) is -0.571. The van der Waals surface area contributed by atoms with Crippen LogP contribution in [0.15, 0.2) is 60.7 Å². The Bertz CT molecular complexity index is 564. The van der Waals surface area contributed by atoms with E-state index in [1.54, 1.807) is 0 Å². The van der Waals surface area contributed by atoms with Crippen LogP contribution in [0.3, 0.4) is 0 Å². The summed E-state index contributed by atoms with van der Waals surface area (Å²) in [6, 6.07) is 20.1. The van der Waals surface area contributed by atoms with Crippen molar-refractivity contribution >= 4 is 18.4 Å². The van der Waals surface area contributed by atoms with Gasteiger partial charge in [-0.25, -0.2) is 0 Å². The molecule has 0 bridgehead atoms. The molecule has 2 aromatic carbocycles. The van der Waals surface area contributed by atoms with Gasteiger partial charge in [0.25, 0.3) is 0 Å². The molecule has 0 aliphatic heterocycles. The highest BCUT2D eigenvalue weighted by atomic mass is 35.5. The Kier molecular flexibility index (Phi) is 9.90. The predicted octanol–water partition coefficient (Wildman–Crippen LogP) is 4.56. The number of hydrogen-bond donors (Lipinski definition) is 1. The summed E-state index contributed by atoms with van der Waals surface area (Å²) in [6.45, 7) is 5.40. The minimum atomic E-state index is -0.375. The Morgan fingerprint density at radius 1 is 1.00 bits per heavy atom. The number of carbonyl (C=O) groups excluding carboxylic acids is 1. The third kappa shape index (κ3) is 6.89. The van der Waals surface area contributed by atoms with E-state index in [-0.39, 0.29) is 24.3 Å². The molecular formula is C21H28ClNO2.